The Hall–Kier alpha value is -1.10. The lowest BCUT2D eigenvalue weighted by atomic mass is 10.4. The van der Waals surface area contributed by atoms with E-state index in [2.05, 4.69) is 22.5 Å². The molecule has 0 saturated heterocycles. The second-order valence-electron chi connectivity index (χ2n) is 3.54. The average molecular weight is 241 g/mol. The maximum atomic E-state index is 10.9. The molecule has 4 nitrogen and oxygen atoms in total. The zero-order valence-electron chi connectivity index (χ0n) is 9.82. The monoisotopic (exact) mass is 241 g/mol. The van der Waals surface area contributed by atoms with E-state index >= 15 is 0 Å². The van der Waals surface area contributed by atoms with Gasteiger partial charge in [-0.25, -0.2) is 4.98 Å². The molecule has 1 aromatic rings. The van der Waals surface area contributed by atoms with Crippen LogP contribution in [0.1, 0.15) is 13.3 Å². The molecule has 0 aliphatic heterocycles. The molecule has 0 saturated carbocycles. The normalized spacial score (nSPS) is 12.1. The first-order chi connectivity index (χ1) is 7.72. The number of nitrogens with zero attached hydrogens (tertiary/aromatic N) is 1. The minimum atomic E-state index is -0.755. The van der Waals surface area contributed by atoms with Gasteiger partial charge in [0, 0.05) is 35.9 Å². The number of nitrogens with one attached hydrogen (secondary N) is 2. The van der Waals surface area contributed by atoms with Crippen LogP contribution >= 0.6 is 0 Å². The van der Waals surface area contributed by atoms with Gasteiger partial charge in [-0.3, -0.25) is 4.21 Å². The van der Waals surface area contributed by atoms with Gasteiger partial charge in [0.15, 0.2) is 0 Å². The fourth-order valence-electron chi connectivity index (χ4n) is 1.21. The highest BCUT2D eigenvalue weighted by Gasteiger charge is 1.97. The molecule has 16 heavy (non-hydrogen) atoms. The van der Waals surface area contributed by atoms with Crippen molar-refractivity contribution in [3.63, 3.8) is 0 Å². The quantitative estimate of drug-likeness (QED) is 0.763. The van der Waals surface area contributed by atoms with E-state index in [0.29, 0.717) is 12.3 Å². The van der Waals surface area contributed by atoms with Gasteiger partial charge < -0.3 is 10.6 Å². The van der Waals surface area contributed by atoms with Crippen molar-refractivity contribution < 1.29 is 4.21 Å². The first-order valence-corrected chi connectivity index (χ1v) is 7.20. The highest BCUT2D eigenvalue weighted by atomic mass is 32.2. The SMILES string of the molecule is CCCNc1cccc(NCCS(C)=O)n1. The first kappa shape index (κ1) is 13.0. The van der Waals surface area contributed by atoms with Gasteiger partial charge in [-0.1, -0.05) is 13.0 Å². The van der Waals surface area contributed by atoms with Crippen molar-refractivity contribution in [3.05, 3.63) is 18.2 Å². The topological polar surface area (TPSA) is 54.0 Å². The Morgan fingerprint density at radius 2 is 1.88 bits per heavy atom. The van der Waals surface area contributed by atoms with Gasteiger partial charge in [-0.15, -0.1) is 0 Å². The molecule has 1 heterocycles. The lowest BCUT2D eigenvalue weighted by molar-refractivity contribution is 0.687. The molecule has 1 atom stereocenters. The van der Waals surface area contributed by atoms with Crippen LogP contribution in [0.4, 0.5) is 11.6 Å². The maximum absolute atomic E-state index is 10.9. The highest BCUT2D eigenvalue weighted by Crippen LogP contribution is 2.08. The number of pyridine rings is 1. The van der Waals surface area contributed by atoms with Crippen LogP contribution in [0.5, 0.6) is 0 Å². The third-order valence-corrected chi connectivity index (χ3v) is 2.78. The summed E-state index contributed by atoms with van der Waals surface area (Å²) in [6, 6.07) is 5.81. The molecule has 1 aromatic heterocycles. The van der Waals surface area contributed by atoms with Crippen LogP contribution in [0.15, 0.2) is 18.2 Å². The van der Waals surface area contributed by atoms with E-state index in [1.165, 1.54) is 0 Å². The molecular weight excluding hydrogens is 222 g/mol. The molecule has 0 radical (unpaired) electrons. The zero-order chi connectivity index (χ0) is 11.8. The summed E-state index contributed by atoms with van der Waals surface area (Å²) in [5, 5.41) is 6.37. The number of hydrogen-bond donors (Lipinski definition) is 2. The Kier molecular flexibility index (Phi) is 5.85. The third-order valence-electron chi connectivity index (χ3n) is 2.00. The van der Waals surface area contributed by atoms with Crippen LogP contribution in [0, 0.1) is 0 Å². The van der Waals surface area contributed by atoms with Gasteiger partial charge in [0.05, 0.1) is 0 Å². The van der Waals surface area contributed by atoms with E-state index < -0.39 is 10.8 Å². The van der Waals surface area contributed by atoms with Crippen LogP contribution in [0.25, 0.3) is 0 Å². The van der Waals surface area contributed by atoms with Crippen molar-refractivity contribution >= 4 is 22.4 Å². The van der Waals surface area contributed by atoms with E-state index in [9.17, 15) is 4.21 Å². The summed E-state index contributed by atoms with van der Waals surface area (Å²) in [7, 11) is -0.755. The van der Waals surface area contributed by atoms with Crippen molar-refractivity contribution in [2.24, 2.45) is 0 Å². The predicted octanol–water partition coefficient (Wildman–Crippen LogP) is 1.69. The standard InChI is InChI=1S/C11H19N3OS/c1-3-7-12-10-5-4-6-11(14-10)13-8-9-16(2)15/h4-6H,3,7-9H2,1-2H3,(H2,12,13,14). The van der Waals surface area contributed by atoms with E-state index in [0.717, 1.165) is 24.6 Å². The molecule has 0 aromatic carbocycles. The molecule has 0 amide bonds. The van der Waals surface area contributed by atoms with Gasteiger partial charge in [-0.05, 0) is 18.6 Å². The number of hydrogen-bond acceptors (Lipinski definition) is 4. The Morgan fingerprint density at radius 1 is 1.25 bits per heavy atom. The Labute approximate surface area is 99.3 Å². The first-order valence-electron chi connectivity index (χ1n) is 5.47. The molecule has 0 bridgehead atoms. The number of anilines is 2. The third kappa shape index (κ3) is 5.11. The summed E-state index contributed by atoms with van der Waals surface area (Å²) >= 11 is 0. The van der Waals surface area contributed by atoms with E-state index in [-0.39, 0.29) is 0 Å². The Bertz CT molecular complexity index is 344. The minimum absolute atomic E-state index is 0.647. The van der Waals surface area contributed by atoms with E-state index in [1.54, 1.807) is 6.26 Å². The zero-order valence-corrected chi connectivity index (χ0v) is 10.6. The maximum Gasteiger partial charge on any atom is 0.128 e. The average Bonchev–Trinajstić information content (AvgIpc) is 2.26. The molecule has 1 rings (SSSR count). The smallest absolute Gasteiger partial charge is 0.128 e. The fourth-order valence-corrected chi connectivity index (χ4v) is 1.60. The second-order valence-corrected chi connectivity index (χ2v) is 5.09. The summed E-state index contributed by atoms with van der Waals surface area (Å²) in [5.74, 6) is 2.35. The summed E-state index contributed by atoms with van der Waals surface area (Å²) < 4.78 is 10.9. The molecular formula is C11H19N3OS. The molecule has 0 aliphatic carbocycles. The van der Waals surface area contributed by atoms with Gasteiger partial charge >= 0.3 is 0 Å². The number of rotatable bonds is 7. The van der Waals surface area contributed by atoms with Crippen LogP contribution < -0.4 is 10.6 Å². The van der Waals surface area contributed by atoms with Crippen LogP contribution in [-0.2, 0) is 10.8 Å². The molecule has 0 spiro atoms. The largest absolute Gasteiger partial charge is 0.370 e. The second kappa shape index (κ2) is 7.22. The van der Waals surface area contributed by atoms with Gasteiger partial charge in [-0.2, -0.15) is 0 Å². The predicted molar refractivity (Wildman–Crippen MR) is 70.4 cm³/mol. The van der Waals surface area contributed by atoms with Crippen molar-refractivity contribution in [1.29, 1.82) is 0 Å². The summed E-state index contributed by atoms with van der Waals surface area (Å²) in [4.78, 5) is 4.39. The van der Waals surface area contributed by atoms with Crippen LogP contribution in [-0.4, -0.2) is 34.3 Å². The number of aromatic nitrogens is 1. The van der Waals surface area contributed by atoms with Gasteiger partial charge in [0.2, 0.25) is 0 Å². The minimum Gasteiger partial charge on any atom is -0.370 e. The summed E-state index contributed by atoms with van der Waals surface area (Å²) in [5.41, 5.74) is 0. The van der Waals surface area contributed by atoms with Crippen molar-refractivity contribution in [3.8, 4) is 0 Å². The van der Waals surface area contributed by atoms with Crippen molar-refractivity contribution in [1.82, 2.24) is 4.98 Å². The molecule has 90 valence electrons. The summed E-state index contributed by atoms with van der Waals surface area (Å²) in [6.45, 7) is 3.73. The van der Waals surface area contributed by atoms with Crippen LogP contribution in [0.3, 0.4) is 0 Å². The molecule has 0 aliphatic rings. The molecule has 2 N–H and O–H groups in total. The van der Waals surface area contributed by atoms with Gasteiger partial charge in [0.25, 0.3) is 0 Å². The Morgan fingerprint density at radius 3 is 2.44 bits per heavy atom. The summed E-state index contributed by atoms with van der Waals surface area (Å²) in [6.07, 6.45) is 2.78. The lowest BCUT2D eigenvalue weighted by Gasteiger charge is -2.07. The fraction of sp³-hybridized carbons (Fsp3) is 0.545. The highest BCUT2D eigenvalue weighted by molar-refractivity contribution is 7.84. The van der Waals surface area contributed by atoms with Crippen LogP contribution in [0.2, 0.25) is 0 Å². The molecule has 5 heteroatoms. The van der Waals surface area contributed by atoms with E-state index in [1.807, 2.05) is 18.2 Å². The Balaban J connectivity index is 2.43. The molecule has 1 unspecified atom stereocenters. The van der Waals surface area contributed by atoms with Gasteiger partial charge in [0.1, 0.15) is 11.6 Å². The van der Waals surface area contributed by atoms with E-state index in [4.69, 9.17) is 0 Å². The van der Waals surface area contributed by atoms with Crippen molar-refractivity contribution in [2.75, 3.05) is 35.7 Å². The lowest BCUT2D eigenvalue weighted by Crippen LogP contribution is -2.11. The van der Waals surface area contributed by atoms with Crippen molar-refractivity contribution in [2.45, 2.75) is 13.3 Å². The molecule has 0 fully saturated rings.